The van der Waals surface area contributed by atoms with Gasteiger partial charge in [-0.3, -0.25) is 19.1 Å². The summed E-state index contributed by atoms with van der Waals surface area (Å²) in [5.41, 5.74) is 3.03. The predicted molar refractivity (Wildman–Crippen MR) is 139 cm³/mol. The van der Waals surface area contributed by atoms with E-state index in [-0.39, 0.29) is 11.8 Å². The summed E-state index contributed by atoms with van der Waals surface area (Å²) >= 11 is 6.02. The van der Waals surface area contributed by atoms with Gasteiger partial charge in [-0.05, 0) is 55.0 Å². The highest BCUT2D eigenvalue weighted by Crippen LogP contribution is 2.32. The summed E-state index contributed by atoms with van der Waals surface area (Å²) in [6.07, 6.45) is 0.377. The molecule has 1 fully saturated rings. The average molecular weight is 522 g/mol. The maximum absolute atomic E-state index is 13.5. The Kier molecular flexibility index (Phi) is 6.99. The number of carbonyl (C=O) groups excluding carboxylic acids is 2. The first-order chi connectivity index (χ1) is 17.8. The monoisotopic (exact) mass is 521 g/mol. The first-order valence-corrected chi connectivity index (χ1v) is 12.5. The highest BCUT2D eigenvalue weighted by Gasteiger charge is 2.24. The molecule has 37 heavy (non-hydrogen) atoms. The summed E-state index contributed by atoms with van der Waals surface area (Å²) in [5.74, 6) is 1.72. The molecule has 0 aliphatic carbocycles. The fourth-order valence-corrected chi connectivity index (χ4v) is 4.92. The van der Waals surface area contributed by atoms with Crippen LogP contribution in [0.2, 0.25) is 5.02 Å². The van der Waals surface area contributed by atoms with Gasteiger partial charge in [0.25, 0.3) is 5.91 Å². The number of halogens is 1. The lowest BCUT2D eigenvalue weighted by atomic mass is 10.1. The molecule has 0 spiro atoms. The van der Waals surface area contributed by atoms with Crippen molar-refractivity contribution in [3.63, 3.8) is 0 Å². The molecule has 1 aliphatic rings. The van der Waals surface area contributed by atoms with E-state index in [9.17, 15) is 9.59 Å². The maximum atomic E-state index is 13.5. The first kappa shape index (κ1) is 25.0. The summed E-state index contributed by atoms with van der Waals surface area (Å²) < 4.78 is 12.8. The Morgan fingerprint density at radius 1 is 1.08 bits per heavy atom. The Balaban J connectivity index is 1.42. The zero-order valence-corrected chi connectivity index (χ0v) is 21.8. The van der Waals surface area contributed by atoms with Crippen molar-refractivity contribution in [2.24, 2.45) is 0 Å². The fourth-order valence-electron chi connectivity index (χ4n) is 4.79. The van der Waals surface area contributed by atoms with Gasteiger partial charge in [-0.25, -0.2) is 0 Å². The number of methoxy groups -OCH3 is 1. The minimum Gasteiger partial charge on any atom is -0.497 e. The van der Waals surface area contributed by atoms with Gasteiger partial charge in [0.2, 0.25) is 11.8 Å². The van der Waals surface area contributed by atoms with E-state index in [1.807, 2.05) is 30.0 Å². The van der Waals surface area contributed by atoms with Gasteiger partial charge >= 0.3 is 0 Å². The van der Waals surface area contributed by atoms with Gasteiger partial charge in [-0.15, -0.1) is 0 Å². The average Bonchev–Trinajstić information content (AvgIpc) is 3.45. The van der Waals surface area contributed by atoms with E-state index < -0.39 is 0 Å². The van der Waals surface area contributed by atoms with E-state index >= 15 is 0 Å². The van der Waals surface area contributed by atoms with Gasteiger partial charge in [0.1, 0.15) is 5.75 Å². The summed E-state index contributed by atoms with van der Waals surface area (Å²) in [4.78, 5) is 33.8. The molecule has 3 heterocycles. The number of ether oxygens (including phenoxy) is 1. The Labute approximate surface area is 219 Å². The second kappa shape index (κ2) is 10.4. The molecule has 1 saturated heterocycles. The van der Waals surface area contributed by atoms with Crippen LogP contribution in [0.5, 0.6) is 5.75 Å². The number of aromatic nitrogens is 3. The number of piperazine rings is 1. The van der Waals surface area contributed by atoms with E-state index in [0.717, 1.165) is 35.2 Å². The van der Waals surface area contributed by atoms with Crippen LogP contribution in [0, 0.1) is 6.92 Å². The lowest BCUT2D eigenvalue weighted by molar-refractivity contribution is -0.130. The molecule has 0 radical (unpaired) electrons. The minimum atomic E-state index is -0.147. The molecular weight excluding hydrogens is 494 g/mol. The molecule has 2 aromatic heterocycles. The molecule has 192 valence electrons. The van der Waals surface area contributed by atoms with Crippen LogP contribution < -0.4 is 4.74 Å². The SMILES string of the molecule is COc1ccc2c(c1)c(Cc1nc(CN3CCN(C(C)=O)CC3)no1)c(C)n2C(=O)c1ccc(Cl)cc1. The predicted octanol–water partition coefficient (Wildman–Crippen LogP) is 3.94. The van der Waals surface area contributed by atoms with Crippen molar-refractivity contribution >= 4 is 34.3 Å². The topological polar surface area (TPSA) is 93.7 Å². The Bertz CT molecular complexity index is 1450. The third kappa shape index (κ3) is 5.10. The van der Waals surface area contributed by atoms with Crippen LogP contribution in [-0.4, -0.2) is 69.6 Å². The quantitative estimate of drug-likeness (QED) is 0.379. The maximum Gasteiger partial charge on any atom is 0.262 e. The molecule has 10 heteroatoms. The molecule has 0 atom stereocenters. The van der Waals surface area contributed by atoms with E-state index in [1.54, 1.807) is 42.9 Å². The highest BCUT2D eigenvalue weighted by atomic mass is 35.5. The number of hydrogen-bond donors (Lipinski definition) is 0. The molecule has 5 rings (SSSR count). The molecule has 0 saturated carbocycles. The van der Waals surface area contributed by atoms with Gasteiger partial charge in [0.15, 0.2) is 5.82 Å². The number of hydrogen-bond acceptors (Lipinski definition) is 7. The van der Waals surface area contributed by atoms with E-state index in [0.29, 0.717) is 54.1 Å². The lowest BCUT2D eigenvalue weighted by Crippen LogP contribution is -2.47. The molecule has 1 aliphatic heterocycles. The van der Waals surface area contributed by atoms with Crippen molar-refractivity contribution in [1.82, 2.24) is 24.5 Å². The molecule has 4 aromatic rings. The Hall–Kier alpha value is -3.69. The van der Waals surface area contributed by atoms with Gasteiger partial charge in [-0.1, -0.05) is 16.8 Å². The first-order valence-electron chi connectivity index (χ1n) is 12.1. The van der Waals surface area contributed by atoms with Gasteiger partial charge in [-0.2, -0.15) is 4.98 Å². The Morgan fingerprint density at radius 3 is 2.49 bits per heavy atom. The van der Waals surface area contributed by atoms with Crippen molar-refractivity contribution in [2.45, 2.75) is 26.8 Å². The number of rotatable bonds is 6. The van der Waals surface area contributed by atoms with Crippen molar-refractivity contribution in [1.29, 1.82) is 0 Å². The van der Waals surface area contributed by atoms with Crippen molar-refractivity contribution in [3.05, 3.63) is 76.0 Å². The minimum absolute atomic E-state index is 0.0993. The smallest absolute Gasteiger partial charge is 0.262 e. The van der Waals surface area contributed by atoms with Crippen molar-refractivity contribution in [3.8, 4) is 5.75 Å². The number of benzene rings is 2. The molecular formula is C27H28ClN5O4. The van der Waals surface area contributed by atoms with Crippen LogP contribution in [0.4, 0.5) is 0 Å². The Morgan fingerprint density at radius 2 is 1.81 bits per heavy atom. The van der Waals surface area contributed by atoms with Crippen LogP contribution >= 0.6 is 11.6 Å². The standard InChI is InChI=1S/C27H28ClN5O4/c1-17-22(15-26-29-25(30-37-26)16-31-10-12-32(13-11-31)18(2)34)23-14-21(36-3)8-9-24(23)33(17)27(35)19-4-6-20(28)7-5-19/h4-9,14H,10-13,15-16H2,1-3H3. The second-order valence-corrected chi connectivity index (χ2v) is 9.59. The van der Waals surface area contributed by atoms with Crippen LogP contribution in [0.25, 0.3) is 10.9 Å². The van der Waals surface area contributed by atoms with E-state index in [4.69, 9.17) is 20.9 Å². The lowest BCUT2D eigenvalue weighted by Gasteiger charge is -2.33. The van der Waals surface area contributed by atoms with Gasteiger partial charge in [0.05, 0.1) is 25.6 Å². The van der Waals surface area contributed by atoms with Gasteiger partial charge in [0, 0.05) is 54.8 Å². The number of carbonyl (C=O) groups is 2. The largest absolute Gasteiger partial charge is 0.497 e. The van der Waals surface area contributed by atoms with Crippen LogP contribution in [0.3, 0.4) is 0 Å². The summed E-state index contributed by atoms with van der Waals surface area (Å²) in [6.45, 7) is 6.99. The van der Waals surface area contributed by atoms with Crippen molar-refractivity contribution < 1.29 is 18.8 Å². The van der Waals surface area contributed by atoms with Crippen LogP contribution in [0.1, 0.15) is 40.3 Å². The molecule has 2 aromatic carbocycles. The fraction of sp³-hybridized carbons (Fsp3) is 0.333. The summed E-state index contributed by atoms with van der Waals surface area (Å²) in [6, 6.07) is 12.5. The molecule has 0 N–H and O–H groups in total. The van der Waals surface area contributed by atoms with Crippen LogP contribution in [-0.2, 0) is 17.8 Å². The summed E-state index contributed by atoms with van der Waals surface area (Å²) in [5, 5.41) is 5.64. The number of amides is 1. The van der Waals surface area contributed by atoms with E-state index in [1.165, 1.54) is 0 Å². The third-order valence-electron chi connectivity index (χ3n) is 6.86. The molecule has 1 amide bonds. The molecule has 0 unspecified atom stereocenters. The number of fused-ring (bicyclic) bond motifs is 1. The zero-order valence-electron chi connectivity index (χ0n) is 21.0. The van der Waals surface area contributed by atoms with Gasteiger partial charge < -0.3 is 14.2 Å². The molecule has 9 nitrogen and oxygen atoms in total. The normalized spacial score (nSPS) is 14.3. The van der Waals surface area contributed by atoms with Crippen LogP contribution in [0.15, 0.2) is 47.0 Å². The molecule has 0 bridgehead atoms. The number of nitrogens with zero attached hydrogens (tertiary/aromatic N) is 5. The summed E-state index contributed by atoms with van der Waals surface area (Å²) in [7, 11) is 1.62. The zero-order chi connectivity index (χ0) is 26.1. The highest BCUT2D eigenvalue weighted by molar-refractivity contribution is 6.30. The van der Waals surface area contributed by atoms with E-state index in [2.05, 4.69) is 15.0 Å². The van der Waals surface area contributed by atoms with Crippen molar-refractivity contribution in [2.75, 3.05) is 33.3 Å². The third-order valence-corrected chi connectivity index (χ3v) is 7.11. The second-order valence-electron chi connectivity index (χ2n) is 9.16.